The van der Waals surface area contributed by atoms with Crippen molar-refractivity contribution in [1.82, 2.24) is 15.2 Å². The van der Waals surface area contributed by atoms with E-state index in [0.717, 1.165) is 28.4 Å². The fourth-order valence-electron chi connectivity index (χ4n) is 3.18. The molecule has 0 fully saturated rings. The lowest BCUT2D eigenvalue weighted by Gasteiger charge is -2.18. The van der Waals surface area contributed by atoms with Crippen LogP contribution in [0.4, 0.5) is 8.78 Å². The molecule has 0 saturated heterocycles. The SMILES string of the molecule is CNC(=O)C(NC(=O)c1cc(C)n(Cc2cccs2)c1C)c1ccc(F)c(F)c1. The predicted octanol–water partition coefficient (Wildman–Crippen LogP) is 3.71. The summed E-state index contributed by atoms with van der Waals surface area (Å²) in [7, 11) is 1.41. The van der Waals surface area contributed by atoms with Crippen molar-refractivity contribution in [3.63, 3.8) is 0 Å². The molecule has 0 bridgehead atoms. The van der Waals surface area contributed by atoms with E-state index < -0.39 is 29.5 Å². The van der Waals surface area contributed by atoms with E-state index in [9.17, 15) is 18.4 Å². The Bertz CT molecular complexity index is 1040. The van der Waals surface area contributed by atoms with E-state index in [-0.39, 0.29) is 5.56 Å². The first-order valence-electron chi connectivity index (χ1n) is 8.98. The van der Waals surface area contributed by atoms with Crippen molar-refractivity contribution in [2.24, 2.45) is 0 Å². The predicted molar refractivity (Wildman–Crippen MR) is 108 cm³/mol. The molecule has 0 aliphatic rings. The molecule has 2 heterocycles. The van der Waals surface area contributed by atoms with Crippen LogP contribution in [-0.4, -0.2) is 23.4 Å². The van der Waals surface area contributed by atoms with Gasteiger partial charge in [-0.1, -0.05) is 12.1 Å². The summed E-state index contributed by atoms with van der Waals surface area (Å²) >= 11 is 1.63. The number of amides is 2. The Labute approximate surface area is 171 Å². The summed E-state index contributed by atoms with van der Waals surface area (Å²) in [5.41, 5.74) is 2.25. The van der Waals surface area contributed by atoms with Crippen LogP contribution in [-0.2, 0) is 11.3 Å². The molecule has 3 rings (SSSR count). The van der Waals surface area contributed by atoms with Crippen LogP contribution in [0.1, 0.15) is 38.2 Å². The Morgan fingerprint density at radius 2 is 1.90 bits per heavy atom. The average Bonchev–Trinajstić information content (AvgIpc) is 3.31. The van der Waals surface area contributed by atoms with Crippen LogP contribution < -0.4 is 10.6 Å². The van der Waals surface area contributed by atoms with Crippen molar-refractivity contribution >= 4 is 23.2 Å². The van der Waals surface area contributed by atoms with Gasteiger partial charge in [0.15, 0.2) is 11.6 Å². The largest absolute Gasteiger partial charge is 0.357 e. The zero-order chi connectivity index (χ0) is 21.1. The third-order valence-electron chi connectivity index (χ3n) is 4.77. The van der Waals surface area contributed by atoms with Crippen molar-refractivity contribution < 1.29 is 18.4 Å². The smallest absolute Gasteiger partial charge is 0.254 e. The zero-order valence-corrected chi connectivity index (χ0v) is 17.1. The number of carbonyl (C=O) groups is 2. The molecule has 0 saturated carbocycles. The molecule has 2 amide bonds. The summed E-state index contributed by atoms with van der Waals surface area (Å²) in [6, 6.07) is 7.71. The Morgan fingerprint density at radius 1 is 1.14 bits per heavy atom. The molecule has 8 heteroatoms. The van der Waals surface area contributed by atoms with Crippen LogP contribution in [0.2, 0.25) is 0 Å². The number of benzene rings is 1. The van der Waals surface area contributed by atoms with Crippen molar-refractivity contribution in [1.29, 1.82) is 0 Å². The van der Waals surface area contributed by atoms with Crippen LogP contribution in [0.15, 0.2) is 41.8 Å². The Kier molecular flexibility index (Phi) is 6.12. The second-order valence-corrected chi connectivity index (χ2v) is 7.68. The summed E-state index contributed by atoms with van der Waals surface area (Å²) in [4.78, 5) is 26.4. The van der Waals surface area contributed by atoms with Gasteiger partial charge in [0, 0.05) is 23.3 Å². The molecule has 1 atom stereocenters. The van der Waals surface area contributed by atoms with Crippen LogP contribution in [0.3, 0.4) is 0 Å². The number of aromatic nitrogens is 1. The molecule has 2 N–H and O–H groups in total. The van der Waals surface area contributed by atoms with Crippen molar-refractivity contribution in [3.8, 4) is 0 Å². The van der Waals surface area contributed by atoms with E-state index in [0.29, 0.717) is 12.1 Å². The monoisotopic (exact) mass is 417 g/mol. The van der Waals surface area contributed by atoms with Crippen molar-refractivity contribution in [2.75, 3.05) is 7.05 Å². The number of carbonyl (C=O) groups excluding carboxylic acids is 2. The lowest BCUT2D eigenvalue weighted by molar-refractivity contribution is -0.122. The highest BCUT2D eigenvalue weighted by molar-refractivity contribution is 7.09. The molecule has 0 spiro atoms. The van der Waals surface area contributed by atoms with Crippen LogP contribution in [0.5, 0.6) is 0 Å². The minimum absolute atomic E-state index is 0.156. The fraction of sp³-hybridized carbons (Fsp3) is 0.238. The van der Waals surface area contributed by atoms with Gasteiger partial charge in [0.1, 0.15) is 6.04 Å². The zero-order valence-electron chi connectivity index (χ0n) is 16.3. The van der Waals surface area contributed by atoms with Gasteiger partial charge < -0.3 is 15.2 Å². The van der Waals surface area contributed by atoms with Crippen LogP contribution >= 0.6 is 11.3 Å². The van der Waals surface area contributed by atoms with E-state index in [4.69, 9.17) is 0 Å². The summed E-state index contributed by atoms with van der Waals surface area (Å²) in [5.74, 6) is -3.10. The molecule has 152 valence electrons. The quantitative estimate of drug-likeness (QED) is 0.642. The number of thiophene rings is 1. The van der Waals surface area contributed by atoms with Gasteiger partial charge >= 0.3 is 0 Å². The minimum Gasteiger partial charge on any atom is -0.357 e. The number of aryl methyl sites for hydroxylation is 1. The molecular formula is C21H21F2N3O2S. The molecule has 1 aromatic carbocycles. The Morgan fingerprint density at radius 3 is 2.52 bits per heavy atom. The van der Waals surface area contributed by atoms with E-state index in [1.54, 1.807) is 17.4 Å². The maximum Gasteiger partial charge on any atom is 0.254 e. The fourth-order valence-corrected chi connectivity index (χ4v) is 3.87. The van der Waals surface area contributed by atoms with Gasteiger partial charge in [-0.25, -0.2) is 8.78 Å². The molecular weight excluding hydrogens is 396 g/mol. The summed E-state index contributed by atoms with van der Waals surface area (Å²) in [6.45, 7) is 4.38. The van der Waals surface area contributed by atoms with Gasteiger partial charge in [0.25, 0.3) is 5.91 Å². The molecule has 2 aromatic heterocycles. The summed E-state index contributed by atoms with van der Waals surface area (Å²) in [5, 5.41) is 7.07. The summed E-state index contributed by atoms with van der Waals surface area (Å²) < 4.78 is 28.9. The van der Waals surface area contributed by atoms with Crippen molar-refractivity contribution in [3.05, 3.63) is 80.8 Å². The second-order valence-electron chi connectivity index (χ2n) is 6.64. The average molecular weight is 417 g/mol. The number of likely N-dealkylation sites (N-methyl/N-ethyl adjacent to an activating group) is 1. The minimum atomic E-state index is -1.15. The number of hydrogen-bond donors (Lipinski definition) is 2. The number of nitrogens with zero attached hydrogens (tertiary/aromatic N) is 1. The van der Waals surface area contributed by atoms with Gasteiger partial charge in [-0.2, -0.15) is 0 Å². The molecule has 0 aliphatic carbocycles. The maximum absolute atomic E-state index is 13.6. The third kappa shape index (κ3) is 4.37. The van der Waals surface area contributed by atoms with Crippen LogP contribution in [0.25, 0.3) is 0 Å². The third-order valence-corrected chi connectivity index (χ3v) is 5.63. The Hall–Kier alpha value is -3.00. The van der Waals surface area contributed by atoms with Gasteiger partial charge in [0.2, 0.25) is 5.91 Å². The lowest BCUT2D eigenvalue weighted by atomic mass is 10.0. The second kappa shape index (κ2) is 8.57. The standard InChI is InChI=1S/C21H21F2N3O2S/c1-12-9-16(13(2)26(12)11-15-5-4-8-29-15)20(27)25-19(21(28)24-3)14-6-7-17(22)18(23)10-14/h4-10,19H,11H2,1-3H3,(H,24,28)(H,25,27). The number of nitrogens with one attached hydrogen (secondary N) is 2. The molecule has 29 heavy (non-hydrogen) atoms. The van der Waals surface area contributed by atoms with E-state index in [1.165, 1.54) is 13.1 Å². The Balaban J connectivity index is 1.88. The number of rotatable bonds is 6. The van der Waals surface area contributed by atoms with E-state index in [1.807, 2.05) is 35.9 Å². The summed E-state index contributed by atoms with van der Waals surface area (Å²) in [6.07, 6.45) is 0. The van der Waals surface area contributed by atoms with Gasteiger partial charge in [-0.15, -0.1) is 11.3 Å². The molecule has 0 aliphatic heterocycles. The maximum atomic E-state index is 13.6. The van der Waals surface area contributed by atoms with Crippen LogP contribution in [0, 0.1) is 25.5 Å². The lowest BCUT2D eigenvalue weighted by Crippen LogP contribution is -2.39. The first-order chi connectivity index (χ1) is 13.8. The van der Waals surface area contributed by atoms with E-state index >= 15 is 0 Å². The van der Waals surface area contributed by atoms with Gasteiger partial charge in [-0.3, -0.25) is 9.59 Å². The topological polar surface area (TPSA) is 63.1 Å². The normalized spacial score (nSPS) is 11.9. The first-order valence-corrected chi connectivity index (χ1v) is 9.86. The molecule has 3 aromatic rings. The molecule has 1 unspecified atom stereocenters. The van der Waals surface area contributed by atoms with Crippen molar-refractivity contribution in [2.45, 2.75) is 26.4 Å². The first kappa shape index (κ1) is 20.7. The van der Waals surface area contributed by atoms with E-state index in [2.05, 4.69) is 10.6 Å². The number of hydrogen-bond acceptors (Lipinski definition) is 3. The van der Waals surface area contributed by atoms with Gasteiger partial charge in [0.05, 0.1) is 12.1 Å². The molecule has 0 radical (unpaired) electrons. The highest BCUT2D eigenvalue weighted by Gasteiger charge is 2.25. The highest BCUT2D eigenvalue weighted by Crippen LogP contribution is 2.22. The number of halogens is 2. The van der Waals surface area contributed by atoms with Gasteiger partial charge in [-0.05, 0) is 49.1 Å². The highest BCUT2D eigenvalue weighted by atomic mass is 32.1. The molecule has 5 nitrogen and oxygen atoms in total.